The third-order valence-corrected chi connectivity index (χ3v) is 5.77. The molecular weight excluding hydrogens is 216 g/mol. The third kappa shape index (κ3) is 1.84. The summed E-state index contributed by atoms with van der Waals surface area (Å²) in [5.41, 5.74) is 2.75. The molecule has 84 valence electrons. The van der Waals surface area contributed by atoms with Crippen LogP contribution in [-0.2, 0) is 23.7 Å². The number of nitrogens with zero attached hydrogens (tertiary/aromatic N) is 2. The van der Waals surface area contributed by atoms with E-state index in [1.807, 2.05) is 17.9 Å². The number of aryl methyl sites for hydroxylation is 1. The highest BCUT2D eigenvalue weighted by Crippen LogP contribution is 2.21. The summed E-state index contributed by atoms with van der Waals surface area (Å²) in [6.45, 7) is 0. The third-order valence-electron chi connectivity index (χ3n) is 3.30. The molecular formula is C13H17N2S+. The number of rotatable bonds is 2. The average molecular weight is 233 g/mol. The van der Waals surface area contributed by atoms with Crippen LogP contribution >= 0.6 is 0 Å². The van der Waals surface area contributed by atoms with Crippen LogP contribution < -0.4 is 0 Å². The molecule has 0 radical (unpaired) electrons. The van der Waals surface area contributed by atoms with Crippen LogP contribution in [0.1, 0.15) is 18.4 Å². The van der Waals surface area contributed by atoms with E-state index in [4.69, 9.17) is 0 Å². The van der Waals surface area contributed by atoms with Gasteiger partial charge < -0.3 is 0 Å². The van der Waals surface area contributed by atoms with Crippen LogP contribution in [0.25, 0.3) is 10.9 Å². The fourth-order valence-electron chi connectivity index (χ4n) is 2.37. The van der Waals surface area contributed by atoms with Crippen LogP contribution in [0.15, 0.2) is 24.4 Å². The van der Waals surface area contributed by atoms with Crippen LogP contribution in [0.3, 0.4) is 0 Å². The maximum atomic E-state index is 4.29. The van der Waals surface area contributed by atoms with Crippen LogP contribution in [0, 0.1) is 0 Å². The molecule has 1 aromatic carbocycles. The van der Waals surface area contributed by atoms with Crippen LogP contribution in [0.4, 0.5) is 0 Å². The van der Waals surface area contributed by atoms with Crippen molar-refractivity contribution in [1.82, 2.24) is 9.78 Å². The van der Waals surface area contributed by atoms with Crippen LogP contribution in [0.5, 0.6) is 0 Å². The summed E-state index contributed by atoms with van der Waals surface area (Å²) in [4.78, 5) is 0. The number of fused-ring (bicyclic) bond motifs is 1. The van der Waals surface area contributed by atoms with Crippen molar-refractivity contribution in [3.63, 3.8) is 0 Å². The zero-order valence-corrected chi connectivity index (χ0v) is 10.5. The van der Waals surface area contributed by atoms with E-state index in [0.717, 1.165) is 0 Å². The lowest BCUT2D eigenvalue weighted by atomic mass is 10.2. The fraction of sp³-hybridized carbons (Fsp3) is 0.462. The molecule has 2 aromatic rings. The second-order valence-electron chi connectivity index (χ2n) is 4.53. The zero-order chi connectivity index (χ0) is 11.0. The van der Waals surface area contributed by atoms with Crippen LogP contribution in [0.2, 0.25) is 0 Å². The van der Waals surface area contributed by atoms with Gasteiger partial charge in [0.2, 0.25) is 0 Å². The topological polar surface area (TPSA) is 17.8 Å². The molecule has 0 aliphatic carbocycles. The Labute approximate surface area is 99.0 Å². The van der Waals surface area contributed by atoms with Gasteiger partial charge >= 0.3 is 0 Å². The molecule has 1 aliphatic rings. The molecule has 2 heterocycles. The second kappa shape index (κ2) is 4.13. The first-order valence-electron chi connectivity index (χ1n) is 5.88. The van der Waals surface area contributed by atoms with Crippen molar-refractivity contribution in [2.45, 2.75) is 18.6 Å². The molecule has 1 saturated heterocycles. The quantitative estimate of drug-likeness (QED) is 0.729. The maximum absolute atomic E-state index is 4.29. The van der Waals surface area contributed by atoms with Crippen molar-refractivity contribution in [2.24, 2.45) is 7.05 Å². The predicted octanol–water partition coefficient (Wildman–Crippen LogP) is 2.49. The van der Waals surface area contributed by atoms with Crippen molar-refractivity contribution in [3.05, 3.63) is 30.0 Å². The Bertz CT molecular complexity index is 498. The predicted molar refractivity (Wildman–Crippen MR) is 70.8 cm³/mol. The Kier molecular flexibility index (Phi) is 2.64. The molecule has 1 aliphatic heterocycles. The molecule has 0 amide bonds. The summed E-state index contributed by atoms with van der Waals surface area (Å²) in [6.07, 6.45) is 4.82. The average Bonchev–Trinajstić information content (AvgIpc) is 2.90. The monoisotopic (exact) mass is 233 g/mol. The Hall–Kier alpha value is -0.960. The van der Waals surface area contributed by atoms with E-state index in [9.17, 15) is 0 Å². The Morgan fingerprint density at radius 3 is 2.94 bits per heavy atom. The fourth-order valence-corrected chi connectivity index (χ4v) is 4.74. The van der Waals surface area contributed by atoms with E-state index in [2.05, 4.69) is 23.3 Å². The van der Waals surface area contributed by atoms with Gasteiger partial charge in [0.1, 0.15) is 17.3 Å². The zero-order valence-electron chi connectivity index (χ0n) is 9.65. The lowest BCUT2D eigenvalue weighted by Crippen LogP contribution is -2.06. The van der Waals surface area contributed by atoms with Gasteiger partial charge in [-0.15, -0.1) is 0 Å². The number of benzene rings is 1. The van der Waals surface area contributed by atoms with Crippen molar-refractivity contribution in [1.29, 1.82) is 0 Å². The first-order chi connectivity index (χ1) is 7.83. The highest BCUT2D eigenvalue weighted by atomic mass is 32.2. The Balaban J connectivity index is 1.88. The molecule has 16 heavy (non-hydrogen) atoms. The van der Waals surface area contributed by atoms with E-state index < -0.39 is 0 Å². The summed E-state index contributed by atoms with van der Waals surface area (Å²) in [5, 5.41) is 5.54. The molecule has 3 rings (SSSR count). The molecule has 2 nitrogen and oxygen atoms in total. The standard InChI is InChI=1S/C13H17N2S/c1-15-13-8-11(4-5-12(13)9-14-15)10-16-6-2-3-7-16/h4-5,8-9H,2-3,6-7,10H2,1H3/q+1. The summed E-state index contributed by atoms with van der Waals surface area (Å²) < 4.78 is 1.97. The largest absolute Gasteiger partial charge is 0.268 e. The Morgan fingerprint density at radius 1 is 1.31 bits per heavy atom. The summed E-state index contributed by atoms with van der Waals surface area (Å²) >= 11 is 0. The van der Waals surface area contributed by atoms with Gasteiger partial charge in [0, 0.05) is 18.0 Å². The van der Waals surface area contributed by atoms with Gasteiger partial charge in [-0.2, -0.15) is 5.10 Å². The minimum absolute atomic E-state index is 0.655. The van der Waals surface area contributed by atoms with E-state index >= 15 is 0 Å². The van der Waals surface area contributed by atoms with Gasteiger partial charge in [0.15, 0.2) is 0 Å². The van der Waals surface area contributed by atoms with Crippen molar-refractivity contribution < 1.29 is 0 Å². The molecule has 3 heteroatoms. The molecule has 1 fully saturated rings. The number of aromatic nitrogens is 2. The van der Waals surface area contributed by atoms with E-state index in [-0.39, 0.29) is 0 Å². The van der Waals surface area contributed by atoms with Gasteiger partial charge in [-0.25, -0.2) is 0 Å². The number of hydrogen-bond donors (Lipinski definition) is 0. The summed E-state index contributed by atoms with van der Waals surface area (Å²) in [7, 11) is 2.67. The normalized spacial score (nSPS) is 17.3. The van der Waals surface area contributed by atoms with Gasteiger partial charge in [0.25, 0.3) is 0 Å². The first-order valence-corrected chi connectivity index (χ1v) is 7.61. The maximum Gasteiger partial charge on any atom is 0.133 e. The van der Waals surface area contributed by atoms with Gasteiger partial charge in [-0.3, -0.25) is 4.68 Å². The van der Waals surface area contributed by atoms with Gasteiger partial charge in [-0.05, 0) is 29.8 Å². The molecule has 0 unspecified atom stereocenters. The lowest BCUT2D eigenvalue weighted by Gasteiger charge is -2.02. The highest BCUT2D eigenvalue weighted by Gasteiger charge is 2.24. The van der Waals surface area contributed by atoms with Crippen molar-refractivity contribution >= 4 is 21.8 Å². The summed E-state index contributed by atoms with van der Waals surface area (Å²) in [5.74, 6) is 4.17. The number of hydrogen-bond acceptors (Lipinski definition) is 1. The smallest absolute Gasteiger partial charge is 0.133 e. The lowest BCUT2D eigenvalue weighted by molar-refractivity contribution is 0.796. The first kappa shape index (κ1) is 10.2. The second-order valence-corrected chi connectivity index (χ2v) is 6.86. The molecule has 0 spiro atoms. The minimum Gasteiger partial charge on any atom is -0.268 e. The minimum atomic E-state index is 0.655. The molecule has 1 aromatic heterocycles. The SMILES string of the molecule is Cn1ncc2ccc(C[S+]3CCCC3)cc21. The van der Waals surface area contributed by atoms with Gasteiger partial charge in [0.05, 0.1) is 11.7 Å². The highest BCUT2D eigenvalue weighted by molar-refractivity contribution is 7.96. The van der Waals surface area contributed by atoms with Crippen LogP contribution in [-0.4, -0.2) is 21.3 Å². The van der Waals surface area contributed by atoms with E-state index in [1.165, 1.54) is 46.6 Å². The van der Waals surface area contributed by atoms with E-state index in [1.54, 1.807) is 0 Å². The summed E-state index contributed by atoms with van der Waals surface area (Å²) in [6, 6.07) is 6.79. The van der Waals surface area contributed by atoms with Gasteiger partial charge in [-0.1, -0.05) is 12.1 Å². The molecule has 0 saturated carbocycles. The Morgan fingerprint density at radius 2 is 2.12 bits per heavy atom. The van der Waals surface area contributed by atoms with Crippen molar-refractivity contribution in [2.75, 3.05) is 11.5 Å². The van der Waals surface area contributed by atoms with Crippen molar-refractivity contribution in [3.8, 4) is 0 Å². The molecule has 0 bridgehead atoms. The van der Waals surface area contributed by atoms with E-state index in [0.29, 0.717) is 10.9 Å². The molecule has 0 N–H and O–H groups in total. The molecule has 0 atom stereocenters.